The second-order valence-electron chi connectivity index (χ2n) is 7.90. The second-order valence-corrected chi connectivity index (χ2v) is 7.90. The largest absolute Gasteiger partial charge is 0.338 e. The molecule has 3 aromatic rings. The summed E-state index contributed by atoms with van der Waals surface area (Å²) < 4.78 is 13.5. The minimum absolute atomic E-state index is 0.0817. The Kier molecular flexibility index (Phi) is 4.93. The van der Waals surface area contributed by atoms with Gasteiger partial charge in [0.1, 0.15) is 11.6 Å². The van der Waals surface area contributed by atoms with Crippen LogP contribution in [0.15, 0.2) is 53.3 Å². The first-order valence-corrected chi connectivity index (χ1v) is 10.3. The van der Waals surface area contributed by atoms with E-state index >= 15 is 0 Å². The summed E-state index contributed by atoms with van der Waals surface area (Å²) >= 11 is 0. The van der Waals surface area contributed by atoms with E-state index in [1.54, 1.807) is 0 Å². The number of H-pyrrole nitrogens is 1. The van der Waals surface area contributed by atoms with Gasteiger partial charge in [-0.25, -0.2) is 4.39 Å². The SMILES string of the molecule is O=C1CC(C(=O)Nc2cccc(F)c2)c2c(nc(N3CCc4ccccc4C3)[nH]c2=O)N1. The second kappa shape index (κ2) is 7.92. The maximum absolute atomic E-state index is 13.5. The van der Waals surface area contributed by atoms with Gasteiger partial charge in [0.25, 0.3) is 5.56 Å². The zero-order valence-corrected chi connectivity index (χ0v) is 17.0. The Bertz CT molecular complexity index is 1290. The number of benzene rings is 2. The maximum atomic E-state index is 13.5. The van der Waals surface area contributed by atoms with E-state index in [1.165, 1.54) is 29.8 Å². The summed E-state index contributed by atoms with van der Waals surface area (Å²) in [6.07, 6.45) is 0.608. The molecule has 0 aliphatic carbocycles. The third-order valence-corrected chi connectivity index (χ3v) is 5.78. The predicted molar refractivity (Wildman–Crippen MR) is 117 cm³/mol. The van der Waals surface area contributed by atoms with Crippen molar-refractivity contribution in [3.8, 4) is 0 Å². The lowest BCUT2D eigenvalue weighted by Gasteiger charge is -2.30. The molecule has 1 aromatic heterocycles. The van der Waals surface area contributed by atoms with Gasteiger partial charge < -0.3 is 15.5 Å². The lowest BCUT2D eigenvalue weighted by molar-refractivity contribution is -0.123. The van der Waals surface area contributed by atoms with Crippen molar-refractivity contribution in [3.05, 3.63) is 81.4 Å². The number of anilines is 3. The van der Waals surface area contributed by atoms with Crippen LogP contribution in [0.25, 0.3) is 0 Å². The van der Waals surface area contributed by atoms with E-state index in [2.05, 4.69) is 26.7 Å². The van der Waals surface area contributed by atoms with Crippen molar-refractivity contribution in [2.45, 2.75) is 25.3 Å². The standard InChI is InChI=1S/C23H20FN5O3/c24-15-6-3-7-16(10-15)25-21(31)17-11-18(30)26-20-19(17)22(32)28-23(27-20)29-9-8-13-4-1-2-5-14(13)12-29/h1-7,10,17H,8-9,11-12H2,(H,25,31)(H2,26,27,28,30,32). The lowest BCUT2D eigenvalue weighted by atomic mass is 9.92. The van der Waals surface area contributed by atoms with Crippen molar-refractivity contribution in [2.75, 3.05) is 22.1 Å². The molecular weight excluding hydrogens is 413 g/mol. The Balaban J connectivity index is 1.45. The van der Waals surface area contributed by atoms with Gasteiger partial charge in [0, 0.05) is 25.2 Å². The molecule has 0 bridgehead atoms. The first-order valence-electron chi connectivity index (χ1n) is 10.3. The van der Waals surface area contributed by atoms with Gasteiger partial charge in [-0.05, 0) is 35.7 Å². The Morgan fingerprint density at radius 1 is 1.12 bits per heavy atom. The number of aromatic amines is 1. The van der Waals surface area contributed by atoms with Gasteiger partial charge >= 0.3 is 0 Å². The van der Waals surface area contributed by atoms with Crippen molar-refractivity contribution in [1.82, 2.24) is 9.97 Å². The third-order valence-electron chi connectivity index (χ3n) is 5.78. The number of nitrogens with zero attached hydrogens (tertiary/aromatic N) is 2. The van der Waals surface area contributed by atoms with Crippen molar-refractivity contribution in [3.63, 3.8) is 0 Å². The van der Waals surface area contributed by atoms with Gasteiger partial charge in [0.05, 0.1) is 11.5 Å². The summed E-state index contributed by atoms with van der Waals surface area (Å²) in [5.74, 6) is -2.09. The number of hydrogen-bond donors (Lipinski definition) is 3. The summed E-state index contributed by atoms with van der Waals surface area (Å²) in [5.41, 5.74) is 2.26. The number of aromatic nitrogens is 2. The molecule has 32 heavy (non-hydrogen) atoms. The van der Waals surface area contributed by atoms with Crippen molar-refractivity contribution in [1.29, 1.82) is 0 Å². The summed E-state index contributed by atoms with van der Waals surface area (Å²) in [4.78, 5) is 47.3. The zero-order valence-electron chi connectivity index (χ0n) is 17.0. The molecule has 2 aliphatic heterocycles. The van der Waals surface area contributed by atoms with E-state index in [1.807, 2.05) is 23.1 Å². The summed E-state index contributed by atoms with van der Waals surface area (Å²) in [7, 11) is 0. The van der Waals surface area contributed by atoms with Crippen LogP contribution in [0.2, 0.25) is 0 Å². The molecule has 1 unspecified atom stereocenters. The number of nitrogens with one attached hydrogen (secondary N) is 3. The Morgan fingerprint density at radius 2 is 1.94 bits per heavy atom. The number of carbonyl (C=O) groups is 2. The van der Waals surface area contributed by atoms with E-state index in [4.69, 9.17) is 0 Å². The van der Waals surface area contributed by atoms with Crippen LogP contribution >= 0.6 is 0 Å². The van der Waals surface area contributed by atoms with Crippen molar-refractivity contribution >= 4 is 29.3 Å². The first-order chi connectivity index (χ1) is 15.5. The fraction of sp³-hybridized carbons (Fsp3) is 0.217. The van der Waals surface area contributed by atoms with E-state index in [9.17, 15) is 18.8 Å². The monoisotopic (exact) mass is 433 g/mol. The normalized spacial score (nSPS) is 17.2. The number of hydrogen-bond acceptors (Lipinski definition) is 5. The molecule has 0 saturated carbocycles. The minimum Gasteiger partial charge on any atom is -0.338 e. The van der Waals surface area contributed by atoms with Crippen LogP contribution < -0.4 is 21.1 Å². The molecule has 2 amide bonds. The average Bonchev–Trinajstić information content (AvgIpc) is 2.78. The topological polar surface area (TPSA) is 107 Å². The van der Waals surface area contributed by atoms with E-state index < -0.39 is 29.1 Å². The molecule has 0 fully saturated rings. The number of rotatable bonds is 3. The smallest absolute Gasteiger partial charge is 0.258 e. The van der Waals surface area contributed by atoms with Crippen LogP contribution in [0, 0.1) is 5.82 Å². The van der Waals surface area contributed by atoms with Crippen LogP contribution in [0.5, 0.6) is 0 Å². The molecule has 3 N–H and O–H groups in total. The fourth-order valence-corrected chi connectivity index (χ4v) is 4.21. The van der Waals surface area contributed by atoms with Gasteiger partial charge in [-0.1, -0.05) is 30.3 Å². The number of fused-ring (bicyclic) bond motifs is 2. The van der Waals surface area contributed by atoms with E-state index in [0.717, 1.165) is 12.0 Å². The molecule has 0 spiro atoms. The fourth-order valence-electron chi connectivity index (χ4n) is 4.21. The van der Waals surface area contributed by atoms with Crippen molar-refractivity contribution in [2.24, 2.45) is 0 Å². The number of halogens is 1. The van der Waals surface area contributed by atoms with Crippen LogP contribution in [-0.4, -0.2) is 28.3 Å². The number of amides is 2. The maximum Gasteiger partial charge on any atom is 0.258 e. The van der Waals surface area contributed by atoms with Gasteiger partial charge in [0.2, 0.25) is 17.8 Å². The predicted octanol–water partition coefficient (Wildman–Crippen LogP) is 2.54. The van der Waals surface area contributed by atoms with Crippen LogP contribution in [0.3, 0.4) is 0 Å². The first kappa shape index (κ1) is 19.9. The average molecular weight is 433 g/mol. The molecule has 0 radical (unpaired) electrons. The molecule has 162 valence electrons. The molecule has 2 aromatic carbocycles. The van der Waals surface area contributed by atoms with E-state index in [-0.39, 0.29) is 23.5 Å². The lowest BCUT2D eigenvalue weighted by Crippen LogP contribution is -2.38. The molecule has 8 nitrogen and oxygen atoms in total. The van der Waals surface area contributed by atoms with Gasteiger partial charge in [0.15, 0.2) is 0 Å². The van der Waals surface area contributed by atoms with Crippen LogP contribution in [-0.2, 0) is 22.6 Å². The third kappa shape index (κ3) is 3.73. The molecular formula is C23H20FN5O3. The molecule has 2 aliphatic rings. The Morgan fingerprint density at radius 3 is 2.75 bits per heavy atom. The van der Waals surface area contributed by atoms with Gasteiger partial charge in [-0.2, -0.15) is 4.98 Å². The molecule has 3 heterocycles. The van der Waals surface area contributed by atoms with Crippen LogP contribution in [0.4, 0.5) is 21.8 Å². The quantitative estimate of drug-likeness (QED) is 0.589. The molecule has 5 rings (SSSR count). The summed E-state index contributed by atoms with van der Waals surface area (Å²) in [6.45, 7) is 1.24. The number of carbonyl (C=O) groups excluding carboxylic acids is 2. The van der Waals surface area contributed by atoms with E-state index in [0.29, 0.717) is 19.0 Å². The highest BCUT2D eigenvalue weighted by Crippen LogP contribution is 2.31. The highest BCUT2D eigenvalue weighted by Gasteiger charge is 2.35. The minimum atomic E-state index is -1.03. The summed E-state index contributed by atoms with van der Waals surface area (Å²) in [5, 5.41) is 5.20. The van der Waals surface area contributed by atoms with Gasteiger partial charge in [-0.3, -0.25) is 19.4 Å². The van der Waals surface area contributed by atoms with Crippen LogP contribution in [0.1, 0.15) is 29.0 Å². The highest BCUT2D eigenvalue weighted by molar-refractivity contribution is 6.04. The summed E-state index contributed by atoms with van der Waals surface area (Å²) in [6, 6.07) is 13.5. The molecule has 9 heteroatoms. The Hall–Kier alpha value is -4.01. The van der Waals surface area contributed by atoms with Crippen molar-refractivity contribution < 1.29 is 14.0 Å². The Labute approximate surface area is 182 Å². The molecule has 0 saturated heterocycles. The van der Waals surface area contributed by atoms with Gasteiger partial charge in [-0.15, -0.1) is 0 Å². The molecule has 1 atom stereocenters. The highest BCUT2D eigenvalue weighted by atomic mass is 19.1. The zero-order chi connectivity index (χ0) is 22.2.